The average Bonchev–Trinajstić information content (AvgIpc) is 2.63. The zero-order chi connectivity index (χ0) is 19.1. The van der Waals surface area contributed by atoms with Crippen LogP contribution in [-0.2, 0) is 9.53 Å². The molecule has 7 heteroatoms. The third-order valence-electron chi connectivity index (χ3n) is 4.27. The number of halogens is 1. The van der Waals surface area contributed by atoms with Crippen molar-refractivity contribution in [2.24, 2.45) is 0 Å². The fourth-order valence-electron chi connectivity index (χ4n) is 2.84. The summed E-state index contributed by atoms with van der Waals surface area (Å²) in [6.07, 6.45) is 2.44. The smallest absolute Gasteiger partial charge is 0.407 e. The Bertz CT molecular complexity index is 646. The summed E-state index contributed by atoms with van der Waals surface area (Å²) >= 11 is 6.14. The first-order chi connectivity index (χ1) is 12.4. The maximum atomic E-state index is 12.3. The number of rotatable bonds is 6. The lowest BCUT2D eigenvalue weighted by molar-refractivity contribution is -0.134. The molecule has 2 rings (SSSR count). The van der Waals surface area contributed by atoms with Crippen molar-refractivity contribution in [1.82, 2.24) is 10.2 Å². The molecule has 1 N–H and O–H groups in total. The van der Waals surface area contributed by atoms with E-state index in [2.05, 4.69) is 11.9 Å². The number of nitrogens with one attached hydrogen (secondary N) is 1. The number of piperidine rings is 1. The van der Waals surface area contributed by atoms with Crippen molar-refractivity contribution < 1.29 is 19.1 Å². The predicted octanol–water partition coefficient (Wildman–Crippen LogP) is 3.24. The number of hydrogen-bond donors (Lipinski definition) is 1. The fraction of sp³-hybridized carbons (Fsp3) is 0.474. The van der Waals surface area contributed by atoms with Crippen LogP contribution in [0.1, 0.15) is 24.0 Å². The number of carbonyl (C=O) groups is 2. The monoisotopic (exact) mass is 380 g/mol. The summed E-state index contributed by atoms with van der Waals surface area (Å²) in [5, 5.41) is 3.51. The lowest BCUT2D eigenvalue weighted by Crippen LogP contribution is -2.47. The molecular weight excluding hydrogens is 356 g/mol. The van der Waals surface area contributed by atoms with Gasteiger partial charge in [-0.25, -0.2) is 4.79 Å². The summed E-state index contributed by atoms with van der Waals surface area (Å²) in [6, 6.07) is 3.67. The first-order valence-corrected chi connectivity index (χ1v) is 9.00. The highest BCUT2D eigenvalue weighted by Crippen LogP contribution is 2.25. The first kappa shape index (κ1) is 20.1. The molecule has 0 atom stereocenters. The zero-order valence-corrected chi connectivity index (χ0v) is 16.0. The van der Waals surface area contributed by atoms with E-state index in [1.807, 2.05) is 26.0 Å². The van der Waals surface area contributed by atoms with Gasteiger partial charge < -0.3 is 19.7 Å². The fourth-order valence-corrected chi connectivity index (χ4v) is 2.95. The number of hydrogen-bond acceptors (Lipinski definition) is 4. The predicted molar refractivity (Wildman–Crippen MR) is 101 cm³/mol. The topological polar surface area (TPSA) is 67.9 Å². The number of likely N-dealkylation sites (tertiary alicyclic amines) is 1. The van der Waals surface area contributed by atoms with Crippen LogP contribution >= 0.6 is 11.6 Å². The number of carbonyl (C=O) groups excluding carboxylic acids is 2. The summed E-state index contributed by atoms with van der Waals surface area (Å²) in [5.74, 6) is 0.571. The van der Waals surface area contributed by atoms with Crippen LogP contribution in [0.15, 0.2) is 24.8 Å². The molecule has 0 aliphatic carbocycles. The van der Waals surface area contributed by atoms with Gasteiger partial charge in [-0.05, 0) is 49.9 Å². The second-order valence-corrected chi connectivity index (χ2v) is 6.72. The van der Waals surface area contributed by atoms with Crippen molar-refractivity contribution in [2.75, 3.05) is 26.3 Å². The Labute approximate surface area is 159 Å². The van der Waals surface area contributed by atoms with Gasteiger partial charge in [-0.2, -0.15) is 0 Å². The molecule has 1 aromatic carbocycles. The Morgan fingerprint density at radius 2 is 1.92 bits per heavy atom. The van der Waals surface area contributed by atoms with Gasteiger partial charge in [0.25, 0.3) is 5.91 Å². The third-order valence-corrected chi connectivity index (χ3v) is 4.87. The standard InChI is InChI=1S/C19H25ClN2O4/c1-4-9-25-19(24)21-15-5-7-22(8-6-15)17(23)12-26-16-10-13(2)18(20)14(3)11-16/h4,10-11,15H,1,5-9,12H2,2-3H3,(H,21,24). The van der Waals surface area contributed by atoms with Crippen molar-refractivity contribution in [2.45, 2.75) is 32.7 Å². The number of benzene rings is 1. The van der Waals surface area contributed by atoms with E-state index < -0.39 is 6.09 Å². The van der Waals surface area contributed by atoms with Crippen molar-refractivity contribution in [3.05, 3.63) is 40.9 Å². The second kappa shape index (κ2) is 9.48. The highest BCUT2D eigenvalue weighted by atomic mass is 35.5. The number of ether oxygens (including phenoxy) is 2. The van der Waals surface area contributed by atoms with Crippen LogP contribution in [0.25, 0.3) is 0 Å². The lowest BCUT2D eigenvalue weighted by atomic mass is 10.1. The molecule has 2 amide bonds. The molecule has 1 fully saturated rings. The summed E-state index contributed by atoms with van der Waals surface area (Å²) in [6.45, 7) is 8.63. The first-order valence-electron chi connectivity index (χ1n) is 8.62. The molecule has 0 saturated carbocycles. The lowest BCUT2D eigenvalue weighted by Gasteiger charge is -2.32. The van der Waals surface area contributed by atoms with Crippen LogP contribution in [-0.4, -0.2) is 49.2 Å². The Balaban J connectivity index is 1.76. The molecule has 0 radical (unpaired) electrons. The number of alkyl carbamates (subject to hydrolysis) is 1. The van der Waals surface area contributed by atoms with Crippen LogP contribution in [0.2, 0.25) is 5.02 Å². The van der Waals surface area contributed by atoms with Gasteiger partial charge in [0, 0.05) is 24.2 Å². The van der Waals surface area contributed by atoms with Crippen molar-refractivity contribution in [3.63, 3.8) is 0 Å². The maximum absolute atomic E-state index is 12.3. The third kappa shape index (κ3) is 5.66. The Kier molecular flexibility index (Phi) is 7.33. The van der Waals surface area contributed by atoms with Gasteiger partial charge in [0.05, 0.1) is 0 Å². The summed E-state index contributed by atoms with van der Waals surface area (Å²) in [7, 11) is 0. The minimum absolute atomic E-state index is 0.0128. The molecule has 0 spiro atoms. The number of amides is 2. The van der Waals surface area contributed by atoms with Gasteiger partial charge in [-0.3, -0.25) is 4.79 Å². The van der Waals surface area contributed by atoms with Gasteiger partial charge in [0.2, 0.25) is 0 Å². The van der Waals surface area contributed by atoms with Crippen molar-refractivity contribution >= 4 is 23.6 Å². The van der Waals surface area contributed by atoms with Crippen LogP contribution in [0.3, 0.4) is 0 Å². The van der Waals surface area contributed by atoms with Gasteiger partial charge in [0.1, 0.15) is 12.4 Å². The SMILES string of the molecule is C=CCOC(=O)NC1CCN(C(=O)COc2cc(C)c(Cl)c(C)c2)CC1. The molecule has 1 aliphatic heterocycles. The molecule has 1 heterocycles. The molecule has 26 heavy (non-hydrogen) atoms. The zero-order valence-electron chi connectivity index (χ0n) is 15.2. The quantitative estimate of drug-likeness (QED) is 0.769. The number of nitrogens with zero attached hydrogens (tertiary/aromatic N) is 1. The highest BCUT2D eigenvalue weighted by Gasteiger charge is 2.24. The van der Waals surface area contributed by atoms with Crippen LogP contribution < -0.4 is 10.1 Å². The normalized spacial score (nSPS) is 14.7. The molecule has 1 aliphatic rings. The summed E-state index contributed by atoms with van der Waals surface area (Å²) in [5.41, 5.74) is 1.84. The summed E-state index contributed by atoms with van der Waals surface area (Å²) in [4.78, 5) is 25.6. The highest BCUT2D eigenvalue weighted by molar-refractivity contribution is 6.32. The molecular formula is C19H25ClN2O4. The van der Waals surface area contributed by atoms with E-state index in [4.69, 9.17) is 21.1 Å². The van der Waals surface area contributed by atoms with Crippen LogP contribution in [0.5, 0.6) is 5.75 Å². The molecule has 1 aromatic rings. The van der Waals surface area contributed by atoms with E-state index in [1.54, 1.807) is 4.90 Å². The molecule has 142 valence electrons. The maximum Gasteiger partial charge on any atom is 0.407 e. The van der Waals surface area contributed by atoms with E-state index in [9.17, 15) is 9.59 Å². The molecule has 0 aromatic heterocycles. The Morgan fingerprint density at radius 1 is 1.31 bits per heavy atom. The van der Waals surface area contributed by atoms with E-state index >= 15 is 0 Å². The Morgan fingerprint density at radius 3 is 2.50 bits per heavy atom. The van der Waals surface area contributed by atoms with E-state index in [-0.39, 0.29) is 25.2 Å². The van der Waals surface area contributed by atoms with Crippen molar-refractivity contribution in [1.29, 1.82) is 0 Å². The molecule has 1 saturated heterocycles. The van der Waals surface area contributed by atoms with Crippen LogP contribution in [0.4, 0.5) is 4.79 Å². The second-order valence-electron chi connectivity index (χ2n) is 6.35. The van der Waals surface area contributed by atoms with Gasteiger partial charge in [-0.1, -0.05) is 24.3 Å². The summed E-state index contributed by atoms with van der Waals surface area (Å²) < 4.78 is 10.5. The molecule has 0 bridgehead atoms. The van der Waals surface area contributed by atoms with E-state index in [0.29, 0.717) is 36.7 Å². The van der Waals surface area contributed by atoms with E-state index in [1.165, 1.54) is 6.08 Å². The minimum atomic E-state index is -0.452. The minimum Gasteiger partial charge on any atom is -0.484 e. The van der Waals surface area contributed by atoms with E-state index in [0.717, 1.165) is 11.1 Å². The van der Waals surface area contributed by atoms with Crippen molar-refractivity contribution in [3.8, 4) is 5.75 Å². The molecule has 0 unspecified atom stereocenters. The number of aryl methyl sites for hydroxylation is 2. The molecule has 6 nitrogen and oxygen atoms in total. The Hall–Kier alpha value is -2.21. The van der Waals surface area contributed by atoms with Gasteiger partial charge in [-0.15, -0.1) is 0 Å². The van der Waals surface area contributed by atoms with Crippen LogP contribution in [0, 0.1) is 13.8 Å². The average molecular weight is 381 g/mol. The van der Waals surface area contributed by atoms with Gasteiger partial charge in [0.15, 0.2) is 6.61 Å². The van der Waals surface area contributed by atoms with Gasteiger partial charge >= 0.3 is 6.09 Å². The largest absolute Gasteiger partial charge is 0.484 e.